The highest BCUT2D eigenvalue weighted by Gasteiger charge is 2.32. The first-order valence-corrected chi connectivity index (χ1v) is 8.43. The summed E-state index contributed by atoms with van der Waals surface area (Å²) >= 11 is 1.77. The van der Waals surface area contributed by atoms with Crippen molar-refractivity contribution >= 4 is 17.7 Å². The number of amides is 1. The summed E-state index contributed by atoms with van der Waals surface area (Å²) in [5.41, 5.74) is 2.54. The Morgan fingerprint density at radius 1 is 1.30 bits per heavy atom. The molecule has 0 bridgehead atoms. The molecular weight excluding hydrogens is 270 g/mol. The lowest BCUT2D eigenvalue weighted by molar-refractivity contribution is -0.132. The fourth-order valence-electron chi connectivity index (χ4n) is 3.10. The number of aryl methyl sites for hydroxylation is 1. The quantitative estimate of drug-likeness (QED) is 0.908. The number of likely N-dealkylation sites (tertiary alicyclic amines) is 1. The number of hydrogen-bond acceptors (Lipinski definition) is 3. The number of benzene rings is 1. The molecular formula is C16H21NO2S. The summed E-state index contributed by atoms with van der Waals surface area (Å²) in [5, 5.41) is 9.16. The summed E-state index contributed by atoms with van der Waals surface area (Å²) in [6.07, 6.45) is 2.93. The number of thioether (sulfide) groups is 1. The highest BCUT2D eigenvalue weighted by molar-refractivity contribution is 8.00. The van der Waals surface area contributed by atoms with Crippen LogP contribution in [0.3, 0.4) is 0 Å². The smallest absolute Gasteiger partial charge is 0.240 e. The lowest BCUT2D eigenvalue weighted by Crippen LogP contribution is -2.41. The predicted octanol–water partition coefficient (Wildman–Crippen LogP) is 2.25. The zero-order valence-corrected chi connectivity index (χ0v) is 12.4. The van der Waals surface area contributed by atoms with Gasteiger partial charge in [-0.3, -0.25) is 4.79 Å². The van der Waals surface area contributed by atoms with Gasteiger partial charge in [0.15, 0.2) is 0 Å². The van der Waals surface area contributed by atoms with Gasteiger partial charge in [0.25, 0.3) is 0 Å². The minimum absolute atomic E-state index is 0.0226. The monoisotopic (exact) mass is 291 g/mol. The maximum Gasteiger partial charge on any atom is 0.240 e. The molecule has 2 aliphatic rings. The van der Waals surface area contributed by atoms with Crippen LogP contribution in [-0.2, 0) is 11.2 Å². The van der Waals surface area contributed by atoms with Crippen molar-refractivity contribution in [3.05, 3.63) is 35.4 Å². The van der Waals surface area contributed by atoms with Crippen LogP contribution in [0.4, 0.5) is 0 Å². The fraction of sp³-hybridized carbons (Fsp3) is 0.562. The van der Waals surface area contributed by atoms with Gasteiger partial charge >= 0.3 is 0 Å². The Morgan fingerprint density at radius 2 is 2.05 bits per heavy atom. The normalized spacial score (nSPS) is 23.4. The molecule has 1 N–H and O–H groups in total. The molecule has 3 rings (SSSR count). The number of carbonyl (C=O) groups is 1. The summed E-state index contributed by atoms with van der Waals surface area (Å²) in [4.78, 5) is 14.7. The van der Waals surface area contributed by atoms with E-state index in [9.17, 15) is 9.90 Å². The van der Waals surface area contributed by atoms with E-state index in [0.717, 1.165) is 38.1 Å². The molecule has 1 aromatic rings. The van der Waals surface area contributed by atoms with E-state index < -0.39 is 0 Å². The fourth-order valence-corrected chi connectivity index (χ4v) is 4.37. The zero-order chi connectivity index (χ0) is 13.9. The number of fused-ring (bicyclic) bond motifs is 1. The lowest BCUT2D eigenvalue weighted by Gasteiger charge is -2.35. The van der Waals surface area contributed by atoms with E-state index in [1.807, 2.05) is 11.0 Å². The van der Waals surface area contributed by atoms with Crippen molar-refractivity contribution in [3.8, 4) is 0 Å². The first-order chi connectivity index (χ1) is 9.79. The molecule has 0 spiro atoms. The number of hydrogen-bond donors (Lipinski definition) is 1. The molecule has 0 radical (unpaired) electrons. The molecule has 3 nitrogen and oxygen atoms in total. The third-order valence-electron chi connectivity index (χ3n) is 4.40. The molecule has 0 aliphatic carbocycles. The van der Waals surface area contributed by atoms with Crippen molar-refractivity contribution in [1.82, 2.24) is 4.90 Å². The number of aliphatic hydroxyl groups is 1. The average Bonchev–Trinajstić information content (AvgIpc) is 2.54. The highest BCUT2D eigenvalue weighted by Crippen LogP contribution is 2.38. The van der Waals surface area contributed by atoms with Gasteiger partial charge in [0, 0.05) is 19.7 Å². The van der Waals surface area contributed by atoms with Crippen molar-refractivity contribution in [2.24, 2.45) is 5.92 Å². The molecule has 1 atom stereocenters. The molecule has 1 unspecified atom stereocenters. The first kappa shape index (κ1) is 14.0. The van der Waals surface area contributed by atoms with Gasteiger partial charge in [0.1, 0.15) is 5.25 Å². The van der Waals surface area contributed by atoms with E-state index in [1.54, 1.807) is 11.8 Å². The summed E-state index contributed by atoms with van der Waals surface area (Å²) < 4.78 is 0. The SMILES string of the molecule is O=C(C1SCCc2ccccc21)N1CCC(CO)CC1. The van der Waals surface area contributed by atoms with Crippen LogP contribution in [0.25, 0.3) is 0 Å². The van der Waals surface area contributed by atoms with E-state index in [0.29, 0.717) is 5.92 Å². The predicted molar refractivity (Wildman–Crippen MR) is 81.7 cm³/mol. The molecule has 0 saturated carbocycles. The lowest BCUT2D eigenvalue weighted by atomic mass is 9.96. The summed E-state index contributed by atoms with van der Waals surface area (Å²) in [5.74, 6) is 1.67. The Morgan fingerprint density at radius 3 is 2.80 bits per heavy atom. The number of piperidine rings is 1. The average molecular weight is 291 g/mol. The van der Waals surface area contributed by atoms with Gasteiger partial charge < -0.3 is 10.0 Å². The van der Waals surface area contributed by atoms with Gasteiger partial charge in [-0.25, -0.2) is 0 Å². The molecule has 108 valence electrons. The summed E-state index contributed by atoms with van der Waals surface area (Å²) in [6, 6.07) is 8.34. The van der Waals surface area contributed by atoms with Crippen LogP contribution in [0.15, 0.2) is 24.3 Å². The zero-order valence-electron chi connectivity index (χ0n) is 11.6. The second-order valence-electron chi connectivity index (χ2n) is 5.65. The van der Waals surface area contributed by atoms with Gasteiger partial charge in [0.2, 0.25) is 5.91 Å². The van der Waals surface area contributed by atoms with Crippen molar-refractivity contribution in [2.75, 3.05) is 25.4 Å². The van der Waals surface area contributed by atoms with Gasteiger partial charge in [-0.15, -0.1) is 11.8 Å². The minimum Gasteiger partial charge on any atom is -0.396 e. The number of nitrogens with zero attached hydrogens (tertiary/aromatic N) is 1. The van der Waals surface area contributed by atoms with Gasteiger partial charge in [0.05, 0.1) is 0 Å². The van der Waals surface area contributed by atoms with Crippen molar-refractivity contribution in [1.29, 1.82) is 0 Å². The van der Waals surface area contributed by atoms with E-state index in [-0.39, 0.29) is 17.8 Å². The number of rotatable bonds is 2. The molecule has 1 fully saturated rings. The van der Waals surface area contributed by atoms with E-state index in [4.69, 9.17) is 0 Å². The molecule has 1 amide bonds. The van der Waals surface area contributed by atoms with E-state index >= 15 is 0 Å². The summed E-state index contributed by atoms with van der Waals surface area (Å²) in [7, 11) is 0. The standard InChI is InChI=1S/C16H21NO2S/c18-11-12-5-8-17(9-6-12)16(19)15-14-4-2-1-3-13(14)7-10-20-15/h1-4,12,15,18H,5-11H2. The van der Waals surface area contributed by atoms with Crippen LogP contribution in [-0.4, -0.2) is 41.4 Å². The van der Waals surface area contributed by atoms with Crippen molar-refractivity contribution in [3.63, 3.8) is 0 Å². The molecule has 20 heavy (non-hydrogen) atoms. The van der Waals surface area contributed by atoms with Crippen molar-refractivity contribution in [2.45, 2.75) is 24.5 Å². The Bertz CT molecular complexity index is 483. The second-order valence-corrected chi connectivity index (χ2v) is 6.86. The highest BCUT2D eigenvalue weighted by atomic mass is 32.2. The van der Waals surface area contributed by atoms with Crippen LogP contribution in [0.1, 0.15) is 29.2 Å². The summed E-state index contributed by atoms with van der Waals surface area (Å²) in [6.45, 7) is 1.84. The Balaban J connectivity index is 1.72. The second kappa shape index (κ2) is 6.19. The van der Waals surface area contributed by atoms with Gasteiger partial charge in [-0.2, -0.15) is 0 Å². The van der Waals surface area contributed by atoms with Crippen molar-refractivity contribution < 1.29 is 9.90 Å². The van der Waals surface area contributed by atoms with Gasteiger partial charge in [-0.1, -0.05) is 24.3 Å². The van der Waals surface area contributed by atoms with Crippen LogP contribution >= 0.6 is 11.8 Å². The maximum atomic E-state index is 12.8. The van der Waals surface area contributed by atoms with Crippen LogP contribution in [0.5, 0.6) is 0 Å². The largest absolute Gasteiger partial charge is 0.396 e. The molecule has 1 aromatic carbocycles. The Kier molecular flexibility index (Phi) is 4.32. The van der Waals surface area contributed by atoms with Gasteiger partial charge in [-0.05, 0) is 42.1 Å². The Hall–Kier alpha value is -1.00. The molecule has 4 heteroatoms. The maximum absolute atomic E-state index is 12.8. The number of carbonyl (C=O) groups excluding carboxylic acids is 1. The van der Waals surface area contributed by atoms with Crippen LogP contribution in [0, 0.1) is 5.92 Å². The molecule has 1 saturated heterocycles. The molecule has 2 heterocycles. The van der Waals surface area contributed by atoms with E-state index in [1.165, 1.54) is 11.1 Å². The number of aliphatic hydroxyl groups excluding tert-OH is 1. The molecule has 2 aliphatic heterocycles. The minimum atomic E-state index is -0.0226. The van der Waals surface area contributed by atoms with Crippen LogP contribution < -0.4 is 0 Å². The van der Waals surface area contributed by atoms with E-state index in [2.05, 4.69) is 18.2 Å². The third kappa shape index (κ3) is 2.72. The molecule has 0 aromatic heterocycles. The first-order valence-electron chi connectivity index (χ1n) is 7.38. The third-order valence-corrected chi connectivity index (χ3v) is 5.63. The van der Waals surface area contributed by atoms with Crippen LogP contribution in [0.2, 0.25) is 0 Å². The Labute approximate surface area is 124 Å². The topological polar surface area (TPSA) is 40.5 Å².